The lowest BCUT2D eigenvalue weighted by atomic mass is 9.78. The minimum Gasteiger partial charge on any atom is -0.456 e. The maximum atomic E-state index is 6.58. The third-order valence-corrected chi connectivity index (χ3v) is 11.6. The summed E-state index contributed by atoms with van der Waals surface area (Å²) in [4.78, 5) is 0. The zero-order valence-corrected chi connectivity index (χ0v) is 29.1. The lowest BCUT2D eigenvalue weighted by Gasteiger charge is -2.25. The van der Waals surface area contributed by atoms with Gasteiger partial charge in [-0.05, 0) is 106 Å². The number of para-hydroxylation sites is 1. The molecule has 1 heteroatoms. The summed E-state index contributed by atoms with van der Waals surface area (Å²) in [6.45, 7) is 4.75. The van der Waals surface area contributed by atoms with Gasteiger partial charge in [-0.3, -0.25) is 0 Å². The highest BCUT2D eigenvalue weighted by Gasteiger charge is 2.39. The number of fused-ring (bicyclic) bond motifs is 10. The molecule has 9 aromatic carbocycles. The van der Waals surface area contributed by atoms with Crippen molar-refractivity contribution in [1.29, 1.82) is 0 Å². The third kappa shape index (κ3) is 4.05. The second-order valence-corrected chi connectivity index (χ2v) is 14.8. The van der Waals surface area contributed by atoms with Gasteiger partial charge in [0.2, 0.25) is 0 Å². The van der Waals surface area contributed by atoms with Gasteiger partial charge in [0.15, 0.2) is 0 Å². The minimum absolute atomic E-state index is 0.169. The van der Waals surface area contributed by atoms with E-state index in [9.17, 15) is 0 Å². The highest BCUT2D eigenvalue weighted by atomic mass is 16.3. The van der Waals surface area contributed by atoms with Gasteiger partial charge < -0.3 is 4.42 Å². The molecular weight excluding hydrogens is 629 g/mol. The maximum absolute atomic E-state index is 6.58. The predicted molar refractivity (Wildman–Crippen MR) is 220 cm³/mol. The Balaban J connectivity index is 1.13. The molecule has 0 spiro atoms. The maximum Gasteiger partial charge on any atom is 0.136 e. The molecule has 0 saturated carbocycles. The largest absolute Gasteiger partial charge is 0.456 e. The molecule has 244 valence electrons. The fourth-order valence-corrected chi connectivity index (χ4v) is 9.33. The van der Waals surface area contributed by atoms with E-state index in [1.165, 1.54) is 98.7 Å². The average molecular weight is 663 g/mol. The molecule has 52 heavy (non-hydrogen) atoms. The van der Waals surface area contributed by atoms with E-state index >= 15 is 0 Å². The van der Waals surface area contributed by atoms with E-state index in [0.29, 0.717) is 0 Å². The van der Waals surface area contributed by atoms with Crippen LogP contribution >= 0.6 is 0 Å². The van der Waals surface area contributed by atoms with E-state index in [2.05, 4.69) is 184 Å². The zero-order valence-electron chi connectivity index (χ0n) is 29.1. The molecule has 0 amide bonds. The highest BCUT2D eigenvalue weighted by molar-refractivity contribution is 6.22. The van der Waals surface area contributed by atoms with Crippen LogP contribution in [-0.2, 0) is 5.41 Å². The first-order valence-corrected chi connectivity index (χ1v) is 18.2. The molecule has 0 bridgehead atoms. The number of rotatable bonds is 3. The summed E-state index contributed by atoms with van der Waals surface area (Å²) in [6, 6.07) is 62.3. The van der Waals surface area contributed by atoms with Gasteiger partial charge in [0, 0.05) is 16.2 Å². The van der Waals surface area contributed by atoms with Crippen LogP contribution in [0, 0.1) is 0 Å². The quantitative estimate of drug-likeness (QED) is 0.172. The van der Waals surface area contributed by atoms with Crippen molar-refractivity contribution in [3.63, 3.8) is 0 Å². The Kier molecular flexibility index (Phi) is 6.08. The van der Waals surface area contributed by atoms with Crippen LogP contribution < -0.4 is 0 Å². The number of furan rings is 1. The monoisotopic (exact) mass is 662 g/mol. The second kappa shape index (κ2) is 10.8. The molecule has 1 nitrogen and oxygen atoms in total. The van der Waals surface area contributed by atoms with E-state index < -0.39 is 0 Å². The van der Waals surface area contributed by atoms with Crippen LogP contribution in [0.4, 0.5) is 0 Å². The van der Waals surface area contributed by atoms with Gasteiger partial charge in [0.25, 0.3) is 0 Å². The first-order chi connectivity index (χ1) is 25.6. The normalized spacial score (nSPS) is 13.3. The number of hydrogen-bond donors (Lipinski definition) is 0. The summed E-state index contributed by atoms with van der Waals surface area (Å²) >= 11 is 0. The number of benzene rings is 9. The Morgan fingerprint density at radius 2 is 0.923 bits per heavy atom. The molecule has 0 radical (unpaired) electrons. The Hall–Kier alpha value is -6.44. The highest BCUT2D eigenvalue weighted by Crippen LogP contribution is 2.56. The van der Waals surface area contributed by atoms with Gasteiger partial charge in [-0.2, -0.15) is 0 Å². The molecule has 1 aliphatic rings. The summed E-state index contributed by atoms with van der Waals surface area (Å²) in [5.41, 5.74) is 14.5. The summed E-state index contributed by atoms with van der Waals surface area (Å²) < 4.78 is 6.58. The van der Waals surface area contributed by atoms with Gasteiger partial charge in [0.05, 0.1) is 0 Å². The molecular formula is C51H34O. The third-order valence-electron chi connectivity index (χ3n) is 11.6. The summed E-state index contributed by atoms with van der Waals surface area (Å²) in [6.07, 6.45) is 0. The Morgan fingerprint density at radius 3 is 1.63 bits per heavy atom. The van der Waals surface area contributed by atoms with E-state index in [1.54, 1.807) is 0 Å². The van der Waals surface area contributed by atoms with Crippen molar-refractivity contribution in [2.75, 3.05) is 0 Å². The molecule has 1 aromatic heterocycles. The van der Waals surface area contributed by atoms with Gasteiger partial charge in [-0.15, -0.1) is 0 Å². The molecule has 0 fully saturated rings. The van der Waals surface area contributed by atoms with Crippen LogP contribution in [0.1, 0.15) is 25.0 Å². The minimum atomic E-state index is -0.169. The van der Waals surface area contributed by atoms with Crippen molar-refractivity contribution in [3.05, 3.63) is 181 Å². The standard InChI is InChI=1S/C51H34O/c1-51(2)43-21-11-9-19-40(43)49-48-41-20-10-12-22-44(41)52-45(48)30-42(50(49)51)32-24-26-33(27-25-32)46-36-15-5-7-17-38(36)47(39-18-8-6-16-37(39)46)35-28-23-31-13-3-4-14-34(31)29-35/h3-30H,1-2H3. The molecule has 0 N–H and O–H groups in total. The molecule has 11 rings (SSSR count). The van der Waals surface area contributed by atoms with E-state index in [4.69, 9.17) is 4.42 Å². The topological polar surface area (TPSA) is 13.1 Å². The van der Waals surface area contributed by atoms with Crippen LogP contribution in [0.3, 0.4) is 0 Å². The molecule has 1 heterocycles. The number of hydrogen-bond acceptors (Lipinski definition) is 1. The van der Waals surface area contributed by atoms with Crippen LogP contribution in [0.5, 0.6) is 0 Å². The lowest BCUT2D eigenvalue weighted by molar-refractivity contribution is 0.658. The van der Waals surface area contributed by atoms with Crippen molar-refractivity contribution in [2.45, 2.75) is 19.3 Å². The second-order valence-electron chi connectivity index (χ2n) is 14.8. The first kappa shape index (κ1) is 29.3. The van der Waals surface area contributed by atoms with Crippen LogP contribution in [0.15, 0.2) is 174 Å². The van der Waals surface area contributed by atoms with E-state index in [-0.39, 0.29) is 5.41 Å². The summed E-state index contributed by atoms with van der Waals surface area (Å²) in [5, 5.41) is 9.96. The van der Waals surface area contributed by atoms with Crippen LogP contribution in [0.25, 0.3) is 98.8 Å². The van der Waals surface area contributed by atoms with Gasteiger partial charge in [-0.25, -0.2) is 0 Å². The predicted octanol–water partition coefficient (Wildman–Crippen LogP) is 14.4. The van der Waals surface area contributed by atoms with Crippen LogP contribution in [-0.4, -0.2) is 0 Å². The Bertz CT molecular complexity index is 3030. The Labute approximate surface area is 302 Å². The smallest absolute Gasteiger partial charge is 0.136 e. The van der Waals surface area contributed by atoms with Crippen molar-refractivity contribution < 1.29 is 4.42 Å². The SMILES string of the molecule is CC1(C)c2ccccc2-c2c1c(-c1ccc(-c3c4ccccc4c(-c4ccc5ccccc5c4)c4ccccc34)cc1)cc1oc3ccccc3c21. The lowest BCUT2D eigenvalue weighted by Crippen LogP contribution is -2.16. The molecule has 0 atom stereocenters. The fraction of sp³-hybridized carbons (Fsp3) is 0.0588. The molecule has 0 unspecified atom stereocenters. The van der Waals surface area contributed by atoms with Gasteiger partial charge in [-0.1, -0.05) is 166 Å². The molecule has 0 aliphatic heterocycles. The van der Waals surface area contributed by atoms with E-state index in [1.807, 2.05) is 0 Å². The zero-order chi connectivity index (χ0) is 34.6. The molecule has 0 saturated heterocycles. The molecule has 10 aromatic rings. The molecule has 1 aliphatic carbocycles. The van der Waals surface area contributed by atoms with Gasteiger partial charge in [0.1, 0.15) is 11.2 Å². The van der Waals surface area contributed by atoms with Crippen molar-refractivity contribution in [2.24, 2.45) is 0 Å². The fourth-order valence-electron chi connectivity index (χ4n) is 9.33. The van der Waals surface area contributed by atoms with Crippen LogP contribution in [0.2, 0.25) is 0 Å². The first-order valence-electron chi connectivity index (χ1n) is 18.2. The van der Waals surface area contributed by atoms with Crippen molar-refractivity contribution >= 4 is 54.3 Å². The Morgan fingerprint density at radius 1 is 0.385 bits per heavy atom. The van der Waals surface area contributed by atoms with Gasteiger partial charge >= 0.3 is 0 Å². The summed E-state index contributed by atoms with van der Waals surface area (Å²) in [7, 11) is 0. The average Bonchev–Trinajstić information content (AvgIpc) is 3.68. The van der Waals surface area contributed by atoms with E-state index in [0.717, 1.165) is 11.2 Å². The van der Waals surface area contributed by atoms with Crippen molar-refractivity contribution in [3.8, 4) is 44.5 Å². The summed E-state index contributed by atoms with van der Waals surface area (Å²) in [5.74, 6) is 0. The van der Waals surface area contributed by atoms with Crippen molar-refractivity contribution in [1.82, 2.24) is 0 Å².